The summed E-state index contributed by atoms with van der Waals surface area (Å²) in [6.45, 7) is 0.145. The molecule has 76 valence electrons. The number of carboxylic acids is 1. The number of carbonyl (C=O) groups is 1. The third-order valence-corrected chi connectivity index (χ3v) is 2.55. The SMILES string of the molecule is NCc1occ(CC2CC2)c1C(=O)O. The Bertz CT molecular complexity index is 352. The van der Waals surface area contributed by atoms with Crippen molar-refractivity contribution in [1.29, 1.82) is 0 Å². The molecule has 1 fully saturated rings. The largest absolute Gasteiger partial charge is 0.478 e. The van der Waals surface area contributed by atoms with E-state index in [9.17, 15) is 4.79 Å². The molecular formula is C10H13NO3. The van der Waals surface area contributed by atoms with Crippen molar-refractivity contribution in [1.82, 2.24) is 0 Å². The maximum absolute atomic E-state index is 10.9. The van der Waals surface area contributed by atoms with Crippen molar-refractivity contribution < 1.29 is 14.3 Å². The van der Waals surface area contributed by atoms with Gasteiger partial charge in [0, 0.05) is 5.56 Å². The van der Waals surface area contributed by atoms with Crippen molar-refractivity contribution in [3.63, 3.8) is 0 Å². The number of carboxylic acid groups (broad SMARTS) is 1. The first-order chi connectivity index (χ1) is 6.72. The van der Waals surface area contributed by atoms with Gasteiger partial charge < -0.3 is 15.3 Å². The Morgan fingerprint density at radius 1 is 1.64 bits per heavy atom. The van der Waals surface area contributed by atoms with E-state index < -0.39 is 5.97 Å². The molecule has 1 aromatic rings. The molecule has 0 saturated heterocycles. The average molecular weight is 195 g/mol. The third kappa shape index (κ3) is 1.65. The van der Waals surface area contributed by atoms with Crippen LogP contribution in [0.2, 0.25) is 0 Å². The zero-order valence-electron chi connectivity index (χ0n) is 7.82. The summed E-state index contributed by atoms with van der Waals surface area (Å²) in [6, 6.07) is 0. The van der Waals surface area contributed by atoms with Crippen LogP contribution in [0, 0.1) is 5.92 Å². The first-order valence-electron chi connectivity index (χ1n) is 4.75. The maximum atomic E-state index is 10.9. The molecule has 4 heteroatoms. The van der Waals surface area contributed by atoms with Gasteiger partial charge in [-0.3, -0.25) is 0 Å². The molecule has 0 amide bonds. The Morgan fingerprint density at radius 3 is 2.86 bits per heavy atom. The van der Waals surface area contributed by atoms with E-state index in [2.05, 4.69) is 0 Å². The van der Waals surface area contributed by atoms with Crippen molar-refractivity contribution in [3.8, 4) is 0 Å². The van der Waals surface area contributed by atoms with Crippen molar-refractivity contribution in [2.75, 3.05) is 0 Å². The highest BCUT2D eigenvalue weighted by Crippen LogP contribution is 2.34. The Hall–Kier alpha value is -1.29. The number of aromatic carboxylic acids is 1. The molecule has 3 N–H and O–H groups in total. The highest BCUT2D eigenvalue weighted by atomic mass is 16.4. The molecule has 2 rings (SSSR count). The number of nitrogens with two attached hydrogens (primary N) is 1. The zero-order valence-corrected chi connectivity index (χ0v) is 7.82. The fourth-order valence-corrected chi connectivity index (χ4v) is 1.63. The summed E-state index contributed by atoms with van der Waals surface area (Å²) in [5.41, 5.74) is 6.46. The first kappa shape index (κ1) is 9.27. The minimum Gasteiger partial charge on any atom is -0.478 e. The zero-order chi connectivity index (χ0) is 10.1. The monoisotopic (exact) mass is 195 g/mol. The van der Waals surface area contributed by atoms with Crippen LogP contribution in [0.4, 0.5) is 0 Å². The summed E-state index contributed by atoms with van der Waals surface area (Å²) < 4.78 is 5.13. The summed E-state index contributed by atoms with van der Waals surface area (Å²) in [4.78, 5) is 10.9. The van der Waals surface area contributed by atoms with Gasteiger partial charge in [0.1, 0.15) is 11.3 Å². The minimum atomic E-state index is -0.935. The normalized spacial score (nSPS) is 15.8. The van der Waals surface area contributed by atoms with E-state index in [1.54, 1.807) is 0 Å². The van der Waals surface area contributed by atoms with Gasteiger partial charge >= 0.3 is 5.97 Å². The molecule has 1 saturated carbocycles. The molecule has 0 atom stereocenters. The molecule has 0 spiro atoms. The summed E-state index contributed by atoms with van der Waals surface area (Å²) in [5.74, 6) is 0.0966. The van der Waals surface area contributed by atoms with Crippen LogP contribution in [-0.4, -0.2) is 11.1 Å². The second kappa shape index (κ2) is 3.46. The van der Waals surface area contributed by atoms with Gasteiger partial charge in [-0.1, -0.05) is 0 Å². The van der Waals surface area contributed by atoms with Crippen LogP contribution in [-0.2, 0) is 13.0 Å². The topological polar surface area (TPSA) is 76.5 Å². The van der Waals surface area contributed by atoms with E-state index in [0.29, 0.717) is 11.7 Å². The summed E-state index contributed by atoms with van der Waals surface area (Å²) in [6.07, 6.45) is 4.74. The molecule has 1 aromatic heterocycles. The van der Waals surface area contributed by atoms with Crippen molar-refractivity contribution in [2.45, 2.75) is 25.8 Å². The third-order valence-electron chi connectivity index (χ3n) is 2.55. The second-order valence-corrected chi connectivity index (χ2v) is 3.72. The van der Waals surface area contributed by atoms with Crippen LogP contribution in [0.5, 0.6) is 0 Å². The van der Waals surface area contributed by atoms with Gasteiger partial charge in [-0.05, 0) is 25.2 Å². The molecule has 0 radical (unpaired) electrons. The van der Waals surface area contributed by atoms with Gasteiger partial charge in [-0.25, -0.2) is 4.79 Å². The van der Waals surface area contributed by atoms with Crippen molar-refractivity contribution in [2.24, 2.45) is 11.7 Å². The van der Waals surface area contributed by atoms with E-state index in [0.717, 1.165) is 12.0 Å². The standard InChI is InChI=1S/C10H13NO3/c11-4-8-9(10(12)13)7(5-14-8)3-6-1-2-6/h5-6H,1-4,11H2,(H,12,13). The highest BCUT2D eigenvalue weighted by molar-refractivity contribution is 5.90. The molecule has 1 aliphatic carbocycles. The van der Waals surface area contributed by atoms with Crippen LogP contribution in [0.3, 0.4) is 0 Å². The number of hydrogen-bond donors (Lipinski definition) is 2. The fraction of sp³-hybridized carbons (Fsp3) is 0.500. The van der Waals surface area contributed by atoms with Gasteiger partial charge in [0.25, 0.3) is 0 Å². The van der Waals surface area contributed by atoms with Gasteiger partial charge in [0.15, 0.2) is 0 Å². The number of hydrogen-bond acceptors (Lipinski definition) is 3. The van der Waals surface area contributed by atoms with E-state index in [1.807, 2.05) is 0 Å². The van der Waals surface area contributed by atoms with Gasteiger partial charge in [-0.15, -0.1) is 0 Å². The van der Waals surface area contributed by atoms with Crippen LogP contribution in [0.15, 0.2) is 10.7 Å². The van der Waals surface area contributed by atoms with E-state index in [1.165, 1.54) is 19.1 Å². The molecule has 0 bridgehead atoms. The Kier molecular flexibility index (Phi) is 2.29. The summed E-state index contributed by atoms with van der Waals surface area (Å²) >= 11 is 0. The van der Waals surface area contributed by atoms with E-state index in [4.69, 9.17) is 15.3 Å². The summed E-state index contributed by atoms with van der Waals surface area (Å²) in [5, 5.41) is 8.98. The van der Waals surface area contributed by atoms with Gasteiger partial charge in [0.05, 0.1) is 12.8 Å². The Morgan fingerprint density at radius 2 is 2.36 bits per heavy atom. The molecule has 0 aliphatic heterocycles. The molecule has 14 heavy (non-hydrogen) atoms. The predicted molar refractivity (Wildman–Crippen MR) is 50.0 cm³/mol. The van der Waals surface area contributed by atoms with Crippen LogP contribution in [0.1, 0.15) is 34.5 Å². The fourth-order valence-electron chi connectivity index (χ4n) is 1.63. The lowest BCUT2D eigenvalue weighted by molar-refractivity contribution is 0.0693. The maximum Gasteiger partial charge on any atom is 0.339 e. The Labute approximate surface area is 81.7 Å². The van der Waals surface area contributed by atoms with E-state index in [-0.39, 0.29) is 12.1 Å². The summed E-state index contributed by atoms with van der Waals surface area (Å²) in [7, 11) is 0. The van der Waals surface area contributed by atoms with Crippen LogP contribution < -0.4 is 5.73 Å². The molecule has 4 nitrogen and oxygen atoms in total. The molecule has 0 aromatic carbocycles. The van der Waals surface area contributed by atoms with Crippen LogP contribution >= 0.6 is 0 Å². The van der Waals surface area contributed by atoms with E-state index >= 15 is 0 Å². The predicted octanol–water partition coefficient (Wildman–Crippen LogP) is 1.39. The lowest BCUT2D eigenvalue weighted by Gasteiger charge is -1.98. The van der Waals surface area contributed by atoms with Crippen LogP contribution in [0.25, 0.3) is 0 Å². The molecule has 1 heterocycles. The minimum absolute atomic E-state index is 0.145. The lowest BCUT2D eigenvalue weighted by atomic mass is 10.1. The van der Waals surface area contributed by atoms with Crippen molar-refractivity contribution >= 4 is 5.97 Å². The molecular weight excluding hydrogens is 182 g/mol. The molecule has 1 aliphatic rings. The number of rotatable bonds is 4. The lowest BCUT2D eigenvalue weighted by Crippen LogP contribution is -2.06. The first-order valence-corrected chi connectivity index (χ1v) is 4.75. The second-order valence-electron chi connectivity index (χ2n) is 3.72. The van der Waals surface area contributed by atoms with Gasteiger partial charge in [0.2, 0.25) is 0 Å². The number of furan rings is 1. The highest BCUT2D eigenvalue weighted by Gasteiger charge is 2.26. The van der Waals surface area contributed by atoms with Crippen molar-refractivity contribution in [3.05, 3.63) is 23.2 Å². The molecule has 0 unspecified atom stereocenters. The smallest absolute Gasteiger partial charge is 0.339 e. The van der Waals surface area contributed by atoms with Gasteiger partial charge in [-0.2, -0.15) is 0 Å². The quantitative estimate of drug-likeness (QED) is 0.761. The average Bonchev–Trinajstić information content (AvgIpc) is 2.83. The Balaban J connectivity index is 2.28.